The molecule has 0 saturated heterocycles. The van der Waals surface area contributed by atoms with E-state index in [0.717, 1.165) is 18.8 Å². The van der Waals surface area contributed by atoms with E-state index in [-0.39, 0.29) is 5.38 Å². The Labute approximate surface area is 61.9 Å². The summed E-state index contributed by atoms with van der Waals surface area (Å²) in [4.78, 5) is 0. The van der Waals surface area contributed by atoms with Gasteiger partial charge in [0.15, 0.2) is 0 Å². The summed E-state index contributed by atoms with van der Waals surface area (Å²) in [6.45, 7) is 6.15. The predicted molar refractivity (Wildman–Crippen MR) is 41.8 cm³/mol. The minimum absolute atomic E-state index is 0.258. The fourth-order valence-corrected chi connectivity index (χ4v) is 1.64. The minimum Gasteiger partial charge on any atom is -0.118 e. The van der Waals surface area contributed by atoms with E-state index in [1.54, 1.807) is 0 Å². The molecule has 0 bridgehead atoms. The number of hydrogen-bond donors (Lipinski definition) is 0. The first-order valence-electron chi connectivity index (χ1n) is 3.52. The van der Waals surface area contributed by atoms with Gasteiger partial charge in [0.05, 0.1) is 5.38 Å². The first kappa shape index (κ1) is 7.14. The molecule has 0 radical (unpaired) electrons. The molecule has 2 atom stereocenters. The van der Waals surface area contributed by atoms with E-state index in [4.69, 9.17) is 11.6 Å². The van der Waals surface area contributed by atoms with Gasteiger partial charge in [0.25, 0.3) is 0 Å². The average Bonchev–Trinajstić information content (AvgIpc) is 1.80. The third-order valence-electron chi connectivity index (χ3n) is 2.01. The minimum atomic E-state index is 0.258. The second-order valence-corrected chi connectivity index (χ2v) is 3.53. The molecule has 1 heteroatoms. The first-order valence-corrected chi connectivity index (χ1v) is 3.95. The fourth-order valence-electron chi connectivity index (χ4n) is 1.23. The number of allylic oxidation sites excluding steroid dienone is 1. The Balaban J connectivity index is 2.44. The zero-order valence-corrected chi connectivity index (χ0v) is 6.62. The maximum atomic E-state index is 5.96. The summed E-state index contributed by atoms with van der Waals surface area (Å²) in [6.07, 6.45) is 3.54. The Bertz CT molecular complexity index is 118. The molecule has 0 aromatic heterocycles. The summed E-state index contributed by atoms with van der Waals surface area (Å²) < 4.78 is 0. The molecule has 0 N–H and O–H groups in total. The highest BCUT2D eigenvalue weighted by atomic mass is 35.5. The van der Waals surface area contributed by atoms with Crippen molar-refractivity contribution in [1.82, 2.24) is 0 Å². The number of halogens is 1. The van der Waals surface area contributed by atoms with Crippen LogP contribution in [0.1, 0.15) is 26.2 Å². The lowest BCUT2D eigenvalue weighted by atomic mass is 9.88. The van der Waals surface area contributed by atoms with E-state index in [1.807, 2.05) is 0 Å². The van der Waals surface area contributed by atoms with Gasteiger partial charge in [-0.3, -0.25) is 0 Å². The molecule has 1 saturated carbocycles. The Hall–Kier alpha value is 0.0300. The maximum Gasteiger partial charge on any atom is 0.0545 e. The van der Waals surface area contributed by atoms with Crippen LogP contribution in [-0.4, -0.2) is 5.38 Å². The lowest BCUT2D eigenvalue weighted by Crippen LogP contribution is -2.14. The molecule has 1 rings (SSSR count). The third-order valence-corrected chi connectivity index (χ3v) is 2.50. The van der Waals surface area contributed by atoms with Crippen LogP contribution in [0.2, 0.25) is 0 Å². The smallest absolute Gasteiger partial charge is 0.0545 e. The second kappa shape index (κ2) is 2.74. The first-order chi connectivity index (χ1) is 4.20. The van der Waals surface area contributed by atoms with Crippen molar-refractivity contribution in [3.63, 3.8) is 0 Å². The largest absolute Gasteiger partial charge is 0.118 e. The van der Waals surface area contributed by atoms with Crippen molar-refractivity contribution in [2.45, 2.75) is 31.6 Å². The van der Waals surface area contributed by atoms with Crippen LogP contribution in [0.4, 0.5) is 0 Å². The number of hydrogen-bond acceptors (Lipinski definition) is 0. The van der Waals surface area contributed by atoms with Crippen molar-refractivity contribution in [3.8, 4) is 0 Å². The summed E-state index contributed by atoms with van der Waals surface area (Å²) in [5, 5.41) is 0.258. The van der Waals surface area contributed by atoms with E-state index < -0.39 is 0 Å². The predicted octanol–water partition coefficient (Wildman–Crippen LogP) is 2.97. The molecule has 1 aliphatic carbocycles. The highest BCUT2D eigenvalue weighted by Gasteiger charge is 2.19. The molecule has 0 spiro atoms. The van der Waals surface area contributed by atoms with Crippen LogP contribution in [0.15, 0.2) is 12.2 Å². The summed E-state index contributed by atoms with van der Waals surface area (Å²) in [5.41, 5.74) is 1.23. The van der Waals surface area contributed by atoms with E-state index in [2.05, 4.69) is 13.5 Å². The van der Waals surface area contributed by atoms with Crippen LogP contribution in [0, 0.1) is 5.92 Å². The second-order valence-electron chi connectivity index (χ2n) is 3.01. The van der Waals surface area contributed by atoms with Gasteiger partial charge in [-0.25, -0.2) is 0 Å². The van der Waals surface area contributed by atoms with E-state index in [9.17, 15) is 0 Å². The molecule has 0 amide bonds. The molecule has 0 heterocycles. The van der Waals surface area contributed by atoms with Gasteiger partial charge in [0, 0.05) is 0 Å². The number of alkyl halides is 1. The molecule has 52 valence electrons. The van der Waals surface area contributed by atoms with Gasteiger partial charge < -0.3 is 0 Å². The third kappa shape index (κ3) is 1.72. The Kier molecular flexibility index (Phi) is 2.18. The van der Waals surface area contributed by atoms with Crippen molar-refractivity contribution in [3.05, 3.63) is 12.2 Å². The molecule has 0 aliphatic heterocycles. The standard InChI is InChI=1S/C8H13Cl/c1-6-3-4-7(2)8(9)5-6/h6,8H,2-5H2,1H3. The van der Waals surface area contributed by atoms with Crippen molar-refractivity contribution in [2.24, 2.45) is 5.92 Å². The molecular formula is C8H13Cl. The van der Waals surface area contributed by atoms with Crippen LogP contribution < -0.4 is 0 Å². The fraction of sp³-hybridized carbons (Fsp3) is 0.750. The summed E-state index contributed by atoms with van der Waals surface area (Å²) in [7, 11) is 0. The van der Waals surface area contributed by atoms with E-state index in [1.165, 1.54) is 12.0 Å². The van der Waals surface area contributed by atoms with Gasteiger partial charge in [-0.15, -0.1) is 11.6 Å². The zero-order valence-electron chi connectivity index (χ0n) is 5.86. The van der Waals surface area contributed by atoms with Gasteiger partial charge in [-0.2, -0.15) is 0 Å². The van der Waals surface area contributed by atoms with Crippen LogP contribution in [0.3, 0.4) is 0 Å². The Morgan fingerprint density at radius 2 is 2.33 bits per heavy atom. The lowest BCUT2D eigenvalue weighted by Gasteiger charge is -2.23. The van der Waals surface area contributed by atoms with Crippen LogP contribution in [-0.2, 0) is 0 Å². The van der Waals surface area contributed by atoms with Gasteiger partial charge in [0.2, 0.25) is 0 Å². The Morgan fingerprint density at radius 1 is 1.67 bits per heavy atom. The molecule has 0 aromatic carbocycles. The van der Waals surface area contributed by atoms with Crippen LogP contribution >= 0.6 is 11.6 Å². The van der Waals surface area contributed by atoms with Crippen molar-refractivity contribution >= 4 is 11.6 Å². The van der Waals surface area contributed by atoms with Crippen LogP contribution in [0.25, 0.3) is 0 Å². The van der Waals surface area contributed by atoms with E-state index in [0.29, 0.717) is 0 Å². The molecule has 9 heavy (non-hydrogen) atoms. The van der Waals surface area contributed by atoms with Gasteiger partial charge in [-0.1, -0.05) is 19.1 Å². The van der Waals surface area contributed by atoms with Crippen molar-refractivity contribution in [2.75, 3.05) is 0 Å². The van der Waals surface area contributed by atoms with Gasteiger partial charge >= 0.3 is 0 Å². The molecule has 1 fully saturated rings. The summed E-state index contributed by atoms with van der Waals surface area (Å²) in [6, 6.07) is 0. The SMILES string of the molecule is C=C1CCC(C)CC1Cl. The molecule has 0 nitrogen and oxygen atoms in total. The maximum absolute atomic E-state index is 5.96. The topological polar surface area (TPSA) is 0 Å². The zero-order chi connectivity index (χ0) is 6.85. The van der Waals surface area contributed by atoms with E-state index >= 15 is 0 Å². The highest BCUT2D eigenvalue weighted by Crippen LogP contribution is 2.30. The molecule has 2 unspecified atom stereocenters. The average molecular weight is 145 g/mol. The molecule has 0 aromatic rings. The number of rotatable bonds is 0. The molecular weight excluding hydrogens is 132 g/mol. The van der Waals surface area contributed by atoms with Gasteiger partial charge in [0.1, 0.15) is 0 Å². The molecule has 1 aliphatic rings. The Morgan fingerprint density at radius 3 is 2.78 bits per heavy atom. The highest BCUT2D eigenvalue weighted by molar-refractivity contribution is 6.22. The summed E-state index contributed by atoms with van der Waals surface area (Å²) in [5.74, 6) is 0.804. The van der Waals surface area contributed by atoms with Crippen molar-refractivity contribution < 1.29 is 0 Å². The monoisotopic (exact) mass is 144 g/mol. The van der Waals surface area contributed by atoms with Crippen LogP contribution in [0.5, 0.6) is 0 Å². The lowest BCUT2D eigenvalue weighted by molar-refractivity contribution is 0.449. The van der Waals surface area contributed by atoms with Crippen molar-refractivity contribution in [1.29, 1.82) is 0 Å². The quantitative estimate of drug-likeness (QED) is 0.362. The summed E-state index contributed by atoms with van der Waals surface area (Å²) >= 11 is 5.96. The normalized spacial score (nSPS) is 36.9. The van der Waals surface area contributed by atoms with Gasteiger partial charge in [-0.05, 0) is 25.2 Å².